The van der Waals surface area contributed by atoms with Crippen LogP contribution in [0.3, 0.4) is 0 Å². The summed E-state index contributed by atoms with van der Waals surface area (Å²) in [5, 5.41) is 0. The van der Waals surface area contributed by atoms with Gasteiger partial charge in [0.05, 0.1) is 19.7 Å². The van der Waals surface area contributed by atoms with E-state index in [2.05, 4.69) is 34.9 Å². The molecule has 0 unspecified atom stereocenters. The van der Waals surface area contributed by atoms with Crippen LogP contribution in [0.4, 0.5) is 0 Å². The van der Waals surface area contributed by atoms with Gasteiger partial charge in [0, 0.05) is 23.9 Å². The van der Waals surface area contributed by atoms with E-state index in [1.54, 1.807) is 14.2 Å². The van der Waals surface area contributed by atoms with E-state index < -0.39 is 0 Å². The second kappa shape index (κ2) is 8.55. The summed E-state index contributed by atoms with van der Waals surface area (Å²) in [6.07, 6.45) is 1.89. The van der Waals surface area contributed by atoms with E-state index in [0.717, 1.165) is 50.7 Å². The number of hydrogen-bond acceptors (Lipinski definition) is 4. The summed E-state index contributed by atoms with van der Waals surface area (Å²) >= 11 is 0. The van der Waals surface area contributed by atoms with E-state index >= 15 is 0 Å². The summed E-state index contributed by atoms with van der Waals surface area (Å²) in [6.45, 7) is 0.660. The van der Waals surface area contributed by atoms with Gasteiger partial charge in [0.1, 0.15) is 17.3 Å². The maximum absolute atomic E-state index is 5.44. The van der Waals surface area contributed by atoms with Crippen molar-refractivity contribution in [1.82, 2.24) is 14.5 Å². The molecule has 2 aromatic heterocycles. The highest BCUT2D eigenvalue weighted by Crippen LogP contribution is 2.30. The molecule has 5 heteroatoms. The molecular weight excluding hydrogens is 398 g/mol. The van der Waals surface area contributed by atoms with E-state index in [1.807, 2.05) is 60.8 Å². The fourth-order valence-electron chi connectivity index (χ4n) is 3.85. The van der Waals surface area contributed by atoms with Gasteiger partial charge < -0.3 is 14.0 Å². The maximum Gasteiger partial charge on any atom is 0.178 e. The number of imidazole rings is 1. The third-order valence-corrected chi connectivity index (χ3v) is 5.54. The molecule has 5 nitrogen and oxygen atoms in total. The molecule has 0 bridgehead atoms. The van der Waals surface area contributed by atoms with Crippen molar-refractivity contribution in [3.05, 3.63) is 96.7 Å². The zero-order valence-corrected chi connectivity index (χ0v) is 18.0. The molecule has 0 saturated heterocycles. The van der Waals surface area contributed by atoms with Crippen LogP contribution < -0.4 is 9.47 Å². The number of pyridine rings is 1. The van der Waals surface area contributed by atoms with Gasteiger partial charge in [-0.3, -0.25) is 0 Å². The quantitative estimate of drug-likeness (QED) is 0.346. The normalized spacial score (nSPS) is 10.9. The molecule has 0 atom stereocenters. The SMILES string of the molecule is COc1ccc(Cn2c(-c3cccc(OC)c3)nc3ncc(-c4ccccc4)cc32)cc1. The van der Waals surface area contributed by atoms with Gasteiger partial charge in [0.2, 0.25) is 0 Å². The number of ether oxygens (including phenoxy) is 2. The third-order valence-electron chi connectivity index (χ3n) is 5.54. The molecule has 0 aliphatic heterocycles. The molecular formula is C27H23N3O2. The second-order valence-electron chi connectivity index (χ2n) is 7.53. The van der Waals surface area contributed by atoms with Gasteiger partial charge in [-0.2, -0.15) is 0 Å². The van der Waals surface area contributed by atoms with Gasteiger partial charge >= 0.3 is 0 Å². The number of rotatable bonds is 6. The monoisotopic (exact) mass is 421 g/mol. The standard InChI is InChI=1S/C27H23N3O2/c1-31-23-13-11-19(12-14-23)18-30-25-16-22(20-7-4-3-5-8-20)17-28-26(25)29-27(30)21-9-6-10-24(15-21)32-2/h3-17H,18H2,1-2H3. The zero-order valence-electron chi connectivity index (χ0n) is 18.0. The highest BCUT2D eigenvalue weighted by molar-refractivity contribution is 5.82. The Morgan fingerprint density at radius 1 is 0.719 bits per heavy atom. The molecule has 32 heavy (non-hydrogen) atoms. The summed E-state index contributed by atoms with van der Waals surface area (Å²) < 4.78 is 13.0. The molecule has 0 amide bonds. The van der Waals surface area contributed by atoms with Gasteiger partial charge in [-0.25, -0.2) is 9.97 Å². The second-order valence-corrected chi connectivity index (χ2v) is 7.53. The maximum atomic E-state index is 5.44. The average Bonchev–Trinajstić information content (AvgIpc) is 3.22. The van der Waals surface area contributed by atoms with Crippen molar-refractivity contribution in [3.63, 3.8) is 0 Å². The molecule has 0 spiro atoms. The first-order valence-electron chi connectivity index (χ1n) is 10.4. The van der Waals surface area contributed by atoms with Crippen LogP contribution in [-0.4, -0.2) is 28.8 Å². The van der Waals surface area contributed by atoms with Crippen molar-refractivity contribution in [2.75, 3.05) is 14.2 Å². The first-order chi connectivity index (χ1) is 15.7. The van der Waals surface area contributed by atoms with Crippen molar-refractivity contribution in [2.45, 2.75) is 6.54 Å². The number of aromatic nitrogens is 3. The summed E-state index contributed by atoms with van der Waals surface area (Å²) in [5.74, 6) is 2.49. The molecule has 5 rings (SSSR count). The van der Waals surface area contributed by atoms with Gasteiger partial charge in [-0.1, -0.05) is 54.6 Å². The van der Waals surface area contributed by atoms with E-state index in [-0.39, 0.29) is 0 Å². The molecule has 0 radical (unpaired) electrons. The number of nitrogens with zero attached hydrogens (tertiary/aromatic N) is 3. The molecule has 0 saturated carbocycles. The molecule has 0 N–H and O–H groups in total. The van der Waals surface area contributed by atoms with Crippen molar-refractivity contribution in [2.24, 2.45) is 0 Å². The van der Waals surface area contributed by atoms with Gasteiger partial charge in [0.15, 0.2) is 5.65 Å². The lowest BCUT2D eigenvalue weighted by molar-refractivity contribution is 0.414. The highest BCUT2D eigenvalue weighted by Gasteiger charge is 2.16. The van der Waals surface area contributed by atoms with Gasteiger partial charge in [-0.05, 0) is 41.5 Å². The average molecular weight is 422 g/mol. The van der Waals surface area contributed by atoms with Crippen molar-refractivity contribution in [1.29, 1.82) is 0 Å². The summed E-state index contributed by atoms with van der Waals surface area (Å²) in [7, 11) is 3.35. The minimum absolute atomic E-state index is 0.660. The molecule has 2 heterocycles. The number of methoxy groups -OCH3 is 2. The smallest absolute Gasteiger partial charge is 0.178 e. The van der Waals surface area contributed by atoms with Crippen molar-refractivity contribution >= 4 is 11.2 Å². The van der Waals surface area contributed by atoms with Crippen LogP contribution in [0.25, 0.3) is 33.7 Å². The van der Waals surface area contributed by atoms with Crippen LogP contribution in [0, 0.1) is 0 Å². The van der Waals surface area contributed by atoms with Gasteiger partial charge in [0.25, 0.3) is 0 Å². The van der Waals surface area contributed by atoms with E-state index in [9.17, 15) is 0 Å². The lowest BCUT2D eigenvalue weighted by Crippen LogP contribution is -2.03. The molecule has 0 aliphatic rings. The Labute approximate surface area is 186 Å². The molecule has 3 aromatic carbocycles. The Hall–Kier alpha value is -4.12. The third kappa shape index (κ3) is 3.81. The fourth-order valence-corrected chi connectivity index (χ4v) is 3.85. The van der Waals surface area contributed by atoms with E-state index in [0.29, 0.717) is 6.54 Å². The minimum atomic E-state index is 0.660. The Morgan fingerprint density at radius 3 is 2.22 bits per heavy atom. The number of hydrogen-bond donors (Lipinski definition) is 0. The molecule has 5 aromatic rings. The van der Waals surface area contributed by atoms with Crippen molar-refractivity contribution < 1.29 is 9.47 Å². The zero-order chi connectivity index (χ0) is 21.9. The lowest BCUT2D eigenvalue weighted by Gasteiger charge is -2.11. The summed E-state index contributed by atoms with van der Waals surface area (Å²) in [6, 6.07) is 28.5. The lowest BCUT2D eigenvalue weighted by atomic mass is 10.1. The van der Waals surface area contributed by atoms with Crippen LogP contribution in [0.15, 0.2) is 91.1 Å². The van der Waals surface area contributed by atoms with Crippen LogP contribution in [0.1, 0.15) is 5.56 Å². The van der Waals surface area contributed by atoms with Crippen LogP contribution >= 0.6 is 0 Å². The van der Waals surface area contributed by atoms with Gasteiger partial charge in [-0.15, -0.1) is 0 Å². The molecule has 0 fully saturated rings. The predicted molar refractivity (Wildman–Crippen MR) is 127 cm³/mol. The summed E-state index contributed by atoms with van der Waals surface area (Å²) in [4.78, 5) is 9.59. The fraction of sp³-hybridized carbons (Fsp3) is 0.111. The molecule has 158 valence electrons. The first-order valence-corrected chi connectivity index (χ1v) is 10.4. The van der Waals surface area contributed by atoms with Crippen LogP contribution in [0.5, 0.6) is 11.5 Å². The Bertz CT molecular complexity index is 1360. The Morgan fingerprint density at radius 2 is 1.47 bits per heavy atom. The summed E-state index contributed by atoms with van der Waals surface area (Å²) in [5.41, 5.74) is 6.03. The number of fused-ring (bicyclic) bond motifs is 1. The van der Waals surface area contributed by atoms with E-state index in [1.165, 1.54) is 0 Å². The minimum Gasteiger partial charge on any atom is -0.497 e. The topological polar surface area (TPSA) is 49.2 Å². The van der Waals surface area contributed by atoms with Crippen molar-refractivity contribution in [3.8, 4) is 34.0 Å². The molecule has 0 aliphatic carbocycles. The van der Waals surface area contributed by atoms with Crippen LogP contribution in [-0.2, 0) is 6.54 Å². The predicted octanol–water partition coefficient (Wildman–Crippen LogP) is 5.83. The van der Waals surface area contributed by atoms with Crippen LogP contribution in [0.2, 0.25) is 0 Å². The number of benzene rings is 3. The Balaban J connectivity index is 1.67. The first kappa shape index (κ1) is 19.8. The van der Waals surface area contributed by atoms with E-state index in [4.69, 9.17) is 19.4 Å². The highest BCUT2D eigenvalue weighted by atomic mass is 16.5. The largest absolute Gasteiger partial charge is 0.497 e. The Kier molecular flexibility index (Phi) is 5.30.